The first kappa shape index (κ1) is 17.0. The van der Waals surface area contributed by atoms with Gasteiger partial charge in [-0.2, -0.15) is 8.42 Å². The van der Waals surface area contributed by atoms with Crippen molar-refractivity contribution in [3.63, 3.8) is 0 Å². The van der Waals surface area contributed by atoms with Gasteiger partial charge in [-0.05, 0) is 24.2 Å². The molecule has 1 rings (SSSR count). The van der Waals surface area contributed by atoms with Crippen LogP contribution in [0.2, 0.25) is 0 Å². The zero-order chi connectivity index (χ0) is 14.8. The minimum Gasteiger partial charge on any atom is -0.396 e. The maximum atomic E-state index is 10.5. The Hall–Kier alpha value is -1.09. The molecule has 8 heteroatoms. The summed E-state index contributed by atoms with van der Waals surface area (Å²) in [5, 5.41) is 12.6. The van der Waals surface area contributed by atoms with Crippen LogP contribution < -0.4 is 0 Å². The second kappa shape index (κ2) is 8.96. The quantitative estimate of drug-likeness (QED) is 0.250. The number of benzene rings is 1. The van der Waals surface area contributed by atoms with Gasteiger partial charge in [-0.1, -0.05) is 35.5 Å². The van der Waals surface area contributed by atoms with Crippen LogP contribution in [0, 0.1) is 0 Å². The van der Waals surface area contributed by atoms with Gasteiger partial charge in [0.15, 0.2) is 0 Å². The summed E-state index contributed by atoms with van der Waals surface area (Å²) < 4.78 is 33.7. The molecule has 1 aromatic carbocycles. The Morgan fingerprint density at radius 2 is 1.95 bits per heavy atom. The summed E-state index contributed by atoms with van der Waals surface area (Å²) in [5.41, 5.74) is 0.958. The fraction of sp³-hybridized carbons (Fsp3) is 0.417. The lowest BCUT2D eigenvalue weighted by atomic mass is 10.2. The summed E-state index contributed by atoms with van der Waals surface area (Å²) in [6, 6.07) is 9.39. The molecule has 0 saturated carbocycles. The van der Waals surface area contributed by atoms with Crippen molar-refractivity contribution in [2.45, 2.75) is 19.3 Å². The first-order valence-electron chi connectivity index (χ1n) is 6.02. The average molecular weight is 319 g/mol. The second-order valence-corrected chi connectivity index (χ2v) is 6.10. The molecule has 0 heterocycles. The van der Waals surface area contributed by atoms with Crippen LogP contribution in [0.5, 0.6) is 0 Å². The van der Waals surface area contributed by atoms with Gasteiger partial charge in [0, 0.05) is 13.0 Å². The van der Waals surface area contributed by atoms with Crippen LogP contribution in [0.3, 0.4) is 0 Å². The average Bonchev–Trinajstić information content (AvgIpc) is 2.41. The van der Waals surface area contributed by atoms with E-state index in [0.717, 1.165) is 12.0 Å². The summed E-state index contributed by atoms with van der Waals surface area (Å²) >= 11 is 1.34. The van der Waals surface area contributed by atoms with Crippen molar-refractivity contribution in [3.8, 4) is 0 Å². The Morgan fingerprint density at radius 3 is 2.55 bits per heavy atom. The monoisotopic (exact) mass is 319 g/mol. The molecule has 0 aliphatic rings. The Labute approximate surface area is 122 Å². The molecular formula is C12H17NO5S2. The van der Waals surface area contributed by atoms with E-state index in [1.54, 1.807) is 0 Å². The number of rotatable bonds is 8. The molecular weight excluding hydrogens is 302 g/mol. The number of nitrogens with zero attached hydrogens (tertiary/aromatic N) is 1. The number of aliphatic hydroxyl groups is 1. The smallest absolute Gasteiger partial charge is 0.396 e. The number of unbranched alkanes of at least 4 members (excludes halogenated alkanes) is 1. The van der Waals surface area contributed by atoms with Gasteiger partial charge in [-0.25, -0.2) is 4.28 Å². The summed E-state index contributed by atoms with van der Waals surface area (Å²) in [7, 11) is -4.59. The van der Waals surface area contributed by atoms with Gasteiger partial charge in [0.2, 0.25) is 0 Å². The van der Waals surface area contributed by atoms with Gasteiger partial charge in [0.1, 0.15) is 5.04 Å². The van der Waals surface area contributed by atoms with E-state index in [1.807, 2.05) is 30.3 Å². The van der Waals surface area contributed by atoms with Gasteiger partial charge in [-0.15, -0.1) is 11.8 Å². The van der Waals surface area contributed by atoms with Crippen LogP contribution >= 0.6 is 11.8 Å². The molecule has 0 saturated heterocycles. The van der Waals surface area contributed by atoms with E-state index < -0.39 is 10.4 Å². The molecule has 0 amide bonds. The molecule has 0 bridgehead atoms. The molecule has 0 spiro atoms. The predicted molar refractivity (Wildman–Crippen MR) is 79.0 cm³/mol. The number of hydrogen-bond acceptors (Lipinski definition) is 6. The number of oxime groups is 1. The van der Waals surface area contributed by atoms with Crippen molar-refractivity contribution in [1.82, 2.24) is 0 Å². The fourth-order valence-electron chi connectivity index (χ4n) is 1.37. The fourth-order valence-corrected chi connectivity index (χ4v) is 2.55. The zero-order valence-corrected chi connectivity index (χ0v) is 12.4. The van der Waals surface area contributed by atoms with Crippen LogP contribution in [0.25, 0.3) is 0 Å². The number of hydrogen-bond donors (Lipinski definition) is 2. The maximum absolute atomic E-state index is 10.5. The molecule has 0 unspecified atom stereocenters. The second-order valence-electron chi connectivity index (χ2n) is 3.93. The SMILES string of the molecule is O=S(=O)(O)O/N=C(\Cc1ccccc1)SCCCCO. The first-order chi connectivity index (χ1) is 9.51. The minimum absolute atomic E-state index is 0.118. The molecule has 20 heavy (non-hydrogen) atoms. The summed E-state index contributed by atoms with van der Waals surface area (Å²) in [6.45, 7) is 0.118. The van der Waals surface area contributed by atoms with Crippen LogP contribution in [0.4, 0.5) is 0 Å². The molecule has 2 N–H and O–H groups in total. The third kappa shape index (κ3) is 8.16. The molecule has 0 radical (unpaired) electrons. The highest BCUT2D eigenvalue weighted by Crippen LogP contribution is 2.14. The lowest BCUT2D eigenvalue weighted by Gasteiger charge is -2.05. The molecule has 6 nitrogen and oxygen atoms in total. The van der Waals surface area contributed by atoms with Crippen molar-refractivity contribution in [2.24, 2.45) is 5.16 Å². The van der Waals surface area contributed by atoms with E-state index in [2.05, 4.69) is 9.44 Å². The Morgan fingerprint density at radius 1 is 1.25 bits per heavy atom. The third-order valence-electron chi connectivity index (χ3n) is 2.25. The highest BCUT2D eigenvalue weighted by molar-refractivity contribution is 8.13. The van der Waals surface area contributed by atoms with Gasteiger partial charge in [-0.3, -0.25) is 4.55 Å². The minimum atomic E-state index is -4.59. The van der Waals surface area contributed by atoms with E-state index in [0.29, 0.717) is 23.6 Å². The number of thioether (sulfide) groups is 1. The third-order valence-corrected chi connectivity index (χ3v) is 3.56. The standard InChI is InChI=1S/C12H17NO5S2/c14-8-4-5-9-19-12(13-18-20(15,16)17)10-11-6-2-1-3-7-11/h1-3,6-7,14H,4-5,8-10H2,(H,15,16,17)/b13-12+. The van der Waals surface area contributed by atoms with Gasteiger partial charge in [0.05, 0.1) is 0 Å². The summed E-state index contributed by atoms with van der Waals surface area (Å²) in [4.78, 5) is 0. The lowest BCUT2D eigenvalue weighted by Crippen LogP contribution is -2.05. The van der Waals surface area contributed by atoms with Crippen molar-refractivity contribution in [3.05, 3.63) is 35.9 Å². The van der Waals surface area contributed by atoms with E-state index in [4.69, 9.17) is 9.66 Å². The van der Waals surface area contributed by atoms with Gasteiger partial charge < -0.3 is 5.11 Å². The van der Waals surface area contributed by atoms with Crippen LogP contribution in [0.1, 0.15) is 18.4 Å². The van der Waals surface area contributed by atoms with Crippen molar-refractivity contribution in [2.75, 3.05) is 12.4 Å². The highest BCUT2D eigenvalue weighted by atomic mass is 32.3. The van der Waals surface area contributed by atoms with Crippen LogP contribution in [0.15, 0.2) is 35.5 Å². The highest BCUT2D eigenvalue weighted by Gasteiger charge is 2.08. The van der Waals surface area contributed by atoms with Crippen LogP contribution in [-0.4, -0.2) is 35.5 Å². The molecule has 0 fully saturated rings. The molecule has 1 aromatic rings. The van der Waals surface area contributed by atoms with Crippen LogP contribution in [-0.2, 0) is 21.1 Å². The zero-order valence-electron chi connectivity index (χ0n) is 10.8. The number of aliphatic hydroxyl groups excluding tert-OH is 1. The Kier molecular flexibility index (Phi) is 7.60. The topological polar surface area (TPSA) is 96.2 Å². The van der Waals surface area contributed by atoms with Gasteiger partial charge in [0.25, 0.3) is 0 Å². The molecule has 0 aliphatic carbocycles. The Balaban J connectivity index is 2.63. The van der Waals surface area contributed by atoms with E-state index >= 15 is 0 Å². The molecule has 0 aliphatic heterocycles. The van der Waals surface area contributed by atoms with E-state index in [1.165, 1.54) is 11.8 Å². The maximum Gasteiger partial charge on any atom is 0.466 e. The Bertz CT molecular complexity index is 516. The van der Waals surface area contributed by atoms with Crippen molar-refractivity contribution >= 4 is 27.2 Å². The summed E-state index contributed by atoms with van der Waals surface area (Å²) in [5.74, 6) is 0.682. The largest absolute Gasteiger partial charge is 0.466 e. The summed E-state index contributed by atoms with van der Waals surface area (Å²) in [6.07, 6.45) is 1.87. The normalized spacial score (nSPS) is 12.4. The van der Waals surface area contributed by atoms with Crippen molar-refractivity contribution in [1.29, 1.82) is 0 Å². The van der Waals surface area contributed by atoms with Crippen molar-refractivity contribution < 1.29 is 22.4 Å². The lowest BCUT2D eigenvalue weighted by molar-refractivity contribution is 0.283. The molecule has 0 aromatic heterocycles. The molecule has 0 atom stereocenters. The predicted octanol–water partition coefficient (Wildman–Crippen LogP) is 1.87. The van der Waals surface area contributed by atoms with E-state index in [-0.39, 0.29) is 6.61 Å². The first-order valence-corrected chi connectivity index (χ1v) is 8.37. The van der Waals surface area contributed by atoms with Gasteiger partial charge >= 0.3 is 10.4 Å². The van der Waals surface area contributed by atoms with E-state index in [9.17, 15) is 8.42 Å². The molecule has 112 valence electrons.